The van der Waals surface area contributed by atoms with Crippen LogP contribution in [0.5, 0.6) is 0 Å². The highest BCUT2D eigenvalue weighted by Gasteiger charge is 2.28. The van der Waals surface area contributed by atoms with E-state index in [1.807, 2.05) is 0 Å². The van der Waals surface area contributed by atoms with E-state index in [1.54, 1.807) is 0 Å². The fourth-order valence-corrected chi connectivity index (χ4v) is 5.24. The summed E-state index contributed by atoms with van der Waals surface area (Å²) >= 11 is 7.08. The molecule has 0 unspecified atom stereocenters. The third kappa shape index (κ3) is 6.89. The van der Waals surface area contributed by atoms with Gasteiger partial charge in [-0.2, -0.15) is 0 Å². The summed E-state index contributed by atoms with van der Waals surface area (Å²) in [4.78, 5) is 12.5. The molecule has 3 aromatic carbocycles. The number of halogens is 3. The minimum Gasteiger partial charge on any atom is -0.565 e. The molecule has 0 heterocycles. The van der Waals surface area contributed by atoms with Crippen LogP contribution in [0.2, 0.25) is 0 Å². The second-order valence-electron chi connectivity index (χ2n) is 4.93. The lowest BCUT2D eigenvalue weighted by Crippen LogP contribution is -2.17. The summed E-state index contributed by atoms with van der Waals surface area (Å²) in [5.74, 6) is 0. The molecule has 3 aromatic rings. The fourth-order valence-electron chi connectivity index (χ4n) is 2.12. The van der Waals surface area contributed by atoms with E-state index in [0.29, 0.717) is 0 Å². The van der Waals surface area contributed by atoms with Crippen LogP contribution < -0.4 is 5.11 Å². The molecule has 7 heteroatoms. The van der Waals surface area contributed by atoms with Gasteiger partial charge in [-0.15, -0.1) is 0 Å². The summed E-state index contributed by atoms with van der Waals surface area (Å²) in [5.41, 5.74) is 0. The standard InChI is InChI=1S/C18H12I3S.CH2O3/c19-13-1-7-16(8-2-13)22(17-9-3-14(20)4-10-17)18-11-5-15(21)6-12-18;2-1(3)4/h1-12H;(H2,2,3,4)/q+1;/p-1. The SMILES string of the molecule is Ic1ccc([S+](c2ccc(I)cc2)c2ccc(I)cc2)cc1.O=C([O-])O. The van der Waals surface area contributed by atoms with Crippen molar-refractivity contribution in [2.24, 2.45) is 0 Å². The smallest absolute Gasteiger partial charge is 0.249 e. The van der Waals surface area contributed by atoms with Gasteiger partial charge in [0.1, 0.15) is 0 Å². The van der Waals surface area contributed by atoms with Gasteiger partial charge in [-0.3, -0.25) is 0 Å². The topological polar surface area (TPSA) is 60.4 Å². The van der Waals surface area contributed by atoms with E-state index in [-0.39, 0.29) is 10.9 Å². The van der Waals surface area contributed by atoms with Crippen molar-refractivity contribution < 1.29 is 15.0 Å². The molecular formula is C19H13I3O3S. The molecule has 3 nitrogen and oxygen atoms in total. The summed E-state index contributed by atoms with van der Waals surface area (Å²) in [6, 6.07) is 26.6. The summed E-state index contributed by atoms with van der Waals surface area (Å²) in [5, 5.41) is 15.3. The van der Waals surface area contributed by atoms with Gasteiger partial charge in [0.2, 0.25) is 6.16 Å². The average Bonchev–Trinajstić information content (AvgIpc) is 2.60. The number of hydrogen-bond donors (Lipinski definition) is 1. The van der Waals surface area contributed by atoms with E-state index in [2.05, 4.69) is 141 Å². The highest BCUT2D eigenvalue weighted by Crippen LogP contribution is 2.32. The third-order valence-electron chi connectivity index (χ3n) is 3.15. The van der Waals surface area contributed by atoms with E-state index in [1.165, 1.54) is 25.4 Å². The molecule has 0 spiro atoms. The van der Waals surface area contributed by atoms with Crippen molar-refractivity contribution >= 4 is 84.8 Å². The summed E-state index contributed by atoms with van der Waals surface area (Å²) in [7, 11) is -0.0494. The minimum atomic E-state index is -2.08. The van der Waals surface area contributed by atoms with Gasteiger partial charge >= 0.3 is 0 Å². The van der Waals surface area contributed by atoms with Crippen LogP contribution in [0, 0.1) is 10.7 Å². The monoisotopic (exact) mass is 702 g/mol. The number of carboxylic acid groups (broad SMARTS) is 2. The van der Waals surface area contributed by atoms with Crippen molar-refractivity contribution in [3.05, 3.63) is 83.5 Å². The Bertz CT molecular complexity index is 739. The lowest BCUT2D eigenvalue weighted by atomic mass is 10.4. The van der Waals surface area contributed by atoms with E-state index < -0.39 is 6.16 Å². The van der Waals surface area contributed by atoms with Crippen LogP contribution >= 0.6 is 67.8 Å². The van der Waals surface area contributed by atoms with Crippen LogP contribution in [0.1, 0.15) is 0 Å². The Morgan fingerprint density at radius 2 is 0.846 bits per heavy atom. The molecule has 0 radical (unpaired) electrons. The first-order chi connectivity index (χ1) is 12.4. The normalized spacial score (nSPS) is 10.2. The van der Waals surface area contributed by atoms with E-state index in [4.69, 9.17) is 15.0 Å². The summed E-state index contributed by atoms with van der Waals surface area (Å²) in [6.07, 6.45) is -2.08. The predicted octanol–water partition coefficient (Wildman–Crippen LogP) is 5.48. The molecule has 0 amide bonds. The summed E-state index contributed by atoms with van der Waals surface area (Å²) < 4.78 is 3.82. The quantitative estimate of drug-likeness (QED) is 0.291. The largest absolute Gasteiger partial charge is 0.565 e. The molecule has 0 bridgehead atoms. The molecule has 3 rings (SSSR count). The van der Waals surface area contributed by atoms with Gasteiger partial charge in [-0.25, -0.2) is 0 Å². The van der Waals surface area contributed by atoms with Crippen molar-refractivity contribution in [2.75, 3.05) is 0 Å². The maximum Gasteiger partial charge on any atom is 0.249 e. The van der Waals surface area contributed by atoms with Crippen molar-refractivity contribution in [2.45, 2.75) is 14.7 Å². The number of hydrogen-bond acceptors (Lipinski definition) is 2. The Hall–Kier alpha value is -0.530. The van der Waals surface area contributed by atoms with Gasteiger partial charge in [-0.05, 0) is 141 Å². The molecule has 0 aromatic heterocycles. The van der Waals surface area contributed by atoms with E-state index in [9.17, 15) is 0 Å². The van der Waals surface area contributed by atoms with Gasteiger partial charge in [0.25, 0.3) is 0 Å². The third-order valence-corrected chi connectivity index (χ3v) is 7.54. The number of rotatable bonds is 3. The maximum absolute atomic E-state index is 8.44. The van der Waals surface area contributed by atoms with Gasteiger partial charge in [-0.1, -0.05) is 0 Å². The first-order valence-electron chi connectivity index (χ1n) is 7.28. The fraction of sp³-hybridized carbons (Fsp3) is 0. The predicted molar refractivity (Wildman–Crippen MR) is 128 cm³/mol. The zero-order valence-corrected chi connectivity index (χ0v) is 20.5. The zero-order chi connectivity index (χ0) is 19.1. The number of carbonyl (C=O) groups is 1. The van der Waals surface area contributed by atoms with Gasteiger partial charge in [0.05, 0.1) is 10.9 Å². The van der Waals surface area contributed by atoms with Crippen molar-refractivity contribution in [1.29, 1.82) is 0 Å². The molecule has 26 heavy (non-hydrogen) atoms. The van der Waals surface area contributed by atoms with E-state index >= 15 is 0 Å². The molecule has 0 fully saturated rings. The molecule has 0 atom stereocenters. The first-order valence-corrected chi connectivity index (χ1v) is 11.7. The first kappa shape index (κ1) is 21.8. The highest BCUT2D eigenvalue weighted by atomic mass is 127. The molecule has 1 N–H and O–H groups in total. The zero-order valence-electron chi connectivity index (χ0n) is 13.2. The van der Waals surface area contributed by atoms with Crippen LogP contribution in [0.15, 0.2) is 87.5 Å². The summed E-state index contributed by atoms with van der Waals surface area (Å²) in [6.45, 7) is 0. The van der Waals surface area contributed by atoms with Crippen LogP contribution in [-0.2, 0) is 10.9 Å². The maximum atomic E-state index is 8.44. The van der Waals surface area contributed by atoms with Crippen molar-refractivity contribution in [3.8, 4) is 0 Å². The Balaban J connectivity index is 0.000000552. The Labute approximate surface area is 196 Å². The second kappa shape index (κ2) is 10.7. The Morgan fingerprint density at radius 3 is 1.04 bits per heavy atom. The minimum absolute atomic E-state index is 0.0494. The van der Waals surface area contributed by atoms with Crippen molar-refractivity contribution in [3.63, 3.8) is 0 Å². The van der Waals surface area contributed by atoms with Crippen LogP contribution in [0.3, 0.4) is 0 Å². The van der Waals surface area contributed by atoms with Gasteiger partial charge in [0, 0.05) is 10.7 Å². The van der Waals surface area contributed by atoms with Crippen LogP contribution in [-0.4, -0.2) is 11.3 Å². The molecule has 0 aliphatic rings. The average molecular weight is 702 g/mol. The lowest BCUT2D eigenvalue weighted by molar-refractivity contribution is -0.275. The molecule has 0 saturated heterocycles. The molecule has 0 aliphatic heterocycles. The van der Waals surface area contributed by atoms with E-state index in [0.717, 1.165) is 0 Å². The van der Waals surface area contributed by atoms with Crippen molar-refractivity contribution in [1.82, 2.24) is 0 Å². The molecular weight excluding hydrogens is 689 g/mol. The molecule has 0 saturated carbocycles. The Kier molecular flexibility index (Phi) is 8.97. The highest BCUT2D eigenvalue weighted by molar-refractivity contribution is 14.1. The molecule has 0 aliphatic carbocycles. The molecule has 134 valence electrons. The number of benzene rings is 3. The lowest BCUT2D eigenvalue weighted by Gasteiger charge is -2.08. The van der Waals surface area contributed by atoms with Crippen LogP contribution in [0.25, 0.3) is 0 Å². The van der Waals surface area contributed by atoms with Gasteiger partial charge < -0.3 is 15.0 Å². The Morgan fingerprint density at radius 1 is 0.654 bits per heavy atom. The van der Waals surface area contributed by atoms with Gasteiger partial charge in [0.15, 0.2) is 14.7 Å². The second-order valence-corrected chi connectivity index (χ2v) is 10.7. The van der Waals surface area contributed by atoms with Crippen LogP contribution in [0.4, 0.5) is 4.79 Å².